The second-order valence-corrected chi connectivity index (χ2v) is 9.28. The molecule has 0 aliphatic carbocycles. The number of ether oxygens (including phenoxy) is 1. The summed E-state index contributed by atoms with van der Waals surface area (Å²) < 4.78 is 21.8. The Morgan fingerprint density at radius 1 is 1.03 bits per heavy atom. The summed E-state index contributed by atoms with van der Waals surface area (Å²) in [7, 11) is 0. The van der Waals surface area contributed by atoms with Crippen molar-refractivity contribution in [2.75, 3.05) is 6.61 Å². The second-order valence-electron chi connectivity index (χ2n) is 9.28. The van der Waals surface area contributed by atoms with Crippen LogP contribution < -0.4 is 10.1 Å². The maximum absolute atomic E-state index is 13.7. The number of fused-ring (bicyclic) bond motifs is 1. The first kappa shape index (κ1) is 24.5. The van der Waals surface area contributed by atoms with Crippen LogP contribution in [-0.2, 0) is 13.1 Å². The molecule has 1 amide bonds. The van der Waals surface area contributed by atoms with Crippen LogP contribution in [0.2, 0.25) is 0 Å². The van der Waals surface area contributed by atoms with Crippen molar-refractivity contribution in [3.05, 3.63) is 100 Å². The van der Waals surface area contributed by atoms with Gasteiger partial charge in [-0.25, -0.2) is 4.39 Å². The Morgan fingerprint density at radius 2 is 1.80 bits per heavy atom. The second kappa shape index (κ2) is 10.8. The lowest BCUT2D eigenvalue weighted by atomic mass is 10.0. The molecular formula is C30H33FN2O2. The number of nitrogens with zero attached hydrogens (tertiary/aromatic N) is 1. The molecule has 0 fully saturated rings. The number of hydrogen-bond donors (Lipinski definition) is 1. The van der Waals surface area contributed by atoms with Crippen molar-refractivity contribution < 1.29 is 13.9 Å². The third-order valence-electron chi connectivity index (χ3n) is 6.18. The minimum atomic E-state index is -0.243. The molecule has 0 saturated carbocycles. The van der Waals surface area contributed by atoms with E-state index < -0.39 is 0 Å². The molecule has 1 aromatic heterocycles. The summed E-state index contributed by atoms with van der Waals surface area (Å²) >= 11 is 0. The van der Waals surface area contributed by atoms with E-state index in [0.717, 1.165) is 34.3 Å². The van der Waals surface area contributed by atoms with Gasteiger partial charge >= 0.3 is 0 Å². The number of amides is 1. The number of benzene rings is 3. The summed E-state index contributed by atoms with van der Waals surface area (Å²) in [4.78, 5) is 13.6. The van der Waals surface area contributed by atoms with Crippen molar-refractivity contribution in [1.29, 1.82) is 0 Å². The zero-order valence-electron chi connectivity index (χ0n) is 20.9. The Morgan fingerprint density at radius 3 is 2.49 bits per heavy atom. The molecule has 0 aliphatic rings. The zero-order valence-corrected chi connectivity index (χ0v) is 20.9. The van der Waals surface area contributed by atoms with Crippen LogP contribution in [0.4, 0.5) is 4.39 Å². The molecule has 0 atom stereocenters. The normalized spacial score (nSPS) is 11.3. The van der Waals surface area contributed by atoms with Gasteiger partial charge in [0.2, 0.25) is 0 Å². The van der Waals surface area contributed by atoms with Gasteiger partial charge in [-0.3, -0.25) is 4.79 Å². The number of carbonyl (C=O) groups excluding carboxylic acids is 1. The molecule has 0 saturated heterocycles. The van der Waals surface area contributed by atoms with E-state index >= 15 is 0 Å². The van der Waals surface area contributed by atoms with Crippen LogP contribution in [0, 0.1) is 12.7 Å². The van der Waals surface area contributed by atoms with E-state index in [-0.39, 0.29) is 17.6 Å². The lowest BCUT2D eigenvalue weighted by molar-refractivity contribution is 0.0951. The first-order chi connectivity index (χ1) is 16.9. The summed E-state index contributed by atoms with van der Waals surface area (Å²) in [5.74, 6) is 0.553. The van der Waals surface area contributed by atoms with Gasteiger partial charge in [0, 0.05) is 30.2 Å². The lowest BCUT2D eigenvalue weighted by Crippen LogP contribution is -2.24. The van der Waals surface area contributed by atoms with Crippen molar-refractivity contribution in [2.45, 2.75) is 53.1 Å². The van der Waals surface area contributed by atoms with E-state index in [9.17, 15) is 9.18 Å². The highest BCUT2D eigenvalue weighted by atomic mass is 19.1. The minimum absolute atomic E-state index is 0.125. The highest BCUT2D eigenvalue weighted by Crippen LogP contribution is 2.34. The van der Waals surface area contributed by atoms with Gasteiger partial charge in [0.1, 0.15) is 11.6 Å². The van der Waals surface area contributed by atoms with Gasteiger partial charge in [-0.05, 0) is 54.2 Å². The molecule has 0 aliphatic heterocycles. The molecule has 4 nitrogen and oxygen atoms in total. The largest absolute Gasteiger partial charge is 0.494 e. The molecule has 1 heterocycles. The van der Waals surface area contributed by atoms with E-state index in [1.807, 2.05) is 36.4 Å². The Balaban J connectivity index is 1.77. The van der Waals surface area contributed by atoms with E-state index in [4.69, 9.17) is 4.74 Å². The van der Waals surface area contributed by atoms with Crippen molar-refractivity contribution in [3.63, 3.8) is 0 Å². The standard InChI is InChI=1S/C30H33FN2O2/c1-5-15-35-24-12-13-25-27(17-24)33(19-22-9-7-6-8-10-22)29(20(2)3)28(25)30(34)32-18-23-11-14-26(31)21(4)16-23/h6-14,16-17,20H,5,15,18-19H2,1-4H3,(H,32,34). The fraction of sp³-hybridized carbons (Fsp3) is 0.300. The molecule has 0 bridgehead atoms. The van der Waals surface area contributed by atoms with Crippen LogP contribution in [0.1, 0.15) is 65.9 Å². The van der Waals surface area contributed by atoms with Gasteiger partial charge in [-0.1, -0.05) is 63.2 Å². The molecule has 0 radical (unpaired) electrons. The predicted molar refractivity (Wildman–Crippen MR) is 140 cm³/mol. The van der Waals surface area contributed by atoms with Gasteiger partial charge in [-0.2, -0.15) is 0 Å². The van der Waals surface area contributed by atoms with Crippen molar-refractivity contribution in [1.82, 2.24) is 9.88 Å². The maximum atomic E-state index is 13.7. The first-order valence-corrected chi connectivity index (χ1v) is 12.2. The molecule has 0 unspecified atom stereocenters. The SMILES string of the molecule is CCCOc1ccc2c(C(=O)NCc3ccc(F)c(C)c3)c(C(C)C)n(Cc3ccccc3)c2c1. The van der Waals surface area contributed by atoms with Gasteiger partial charge in [0.05, 0.1) is 17.7 Å². The number of halogens is 1. The van der Waals surface area contributed by atoms with Gasteiger partial charge < -0.3 is 14.6 Å². The quantitative estimate of drug-likeness (QED) is 0.286. The molecule has 4 rings (SSSR count). The minimum Gasteiger partial charge on any atom is -0.494 e. The monoisotopic (exact) mass is 472 g/mol. The molecule has 4 aromatic rings. The molecular weight excluding hydrogens is 439 g/mol. The van der Waals surface area contributed by atoms with Gasteiger partial charge in [-0.15, -0.1) is 0 Å². The number of carbonyl (C=O) groups is 1. The number of hydrogen-bond acceptors (Lipinski definition) is 2. The molecule has 0 spiro atoms. The summed E-state index contributed by atoms with van der Waals surface area (Å²) in [6, 6.07) is 21.2. The third kappa shape index (κ3) is 5.40. The van der Waals surface area contributed by atoms with Crippen molar-refractivity contribution >= 4 is 16.8 Å². The van der Waals surface area contributed by atoms with Crippen molar-refractivity contribution in [2.24, 2.45) is 0 Å². The lowest BCUT2D eigenvalue weighted by Gasteiger charge is -2.16. The third-order valence-corrected chi connectivity index (χ3v) is 6.18. The zero-order chi connectivity index (χ0) is 24.9. The highest BCUT2D eigenvalue weighted by Gasteiger charge is 2.25. The Labute approximate surface area is 206 Å². The van der Waals surface area contributed by atoms with Crippen LogP contribution in [0.5, 0.6) is 5.75 Å². The average Bonchev–Trinajstić information content (AvgIpc) is 3.17. The summed E-state index contributed by atoms with van der Waals surface area (Å²) in [5.41, 5.74) is 5.26. The fourth-order valence-electron chi connectivity index (χ4n) is 4.52. The average molecular weight is 473 g/mol. The maximum Gasteiger partial charge on any atom is 0.254 e. The Hall–Kier alpha value is -3.60. The number of rotatable bonds is 9. The van der Waals surface area contributed by atoms with Crippen LogP contribution in [0.15, 0.2) is 66.7 Å². The van der Waals surface area contributed by atoms with E-state index in [0.29, 0.717) is 30.8 Å². The van der Waals surface area contributed by atoms with Crippen LogP contribution in [-0.4, -0.2) is 17.1 Å². The van der Waals surface area contributed by atoms with Crippen LogP contribution in [0.3, 0.4) is 0 Å². The molecule has 1 N–H and O–H groups in total. The van der Waals surface area contributed by atoms with Crippen LogP contribution >= 0.6 is 0 Å². The van der Waals surface area contributed by atoms with Crippen molar-refractivity contribution in [3.8, 4) is 5.75 Å². The molecule has 182 valence electrons. The summed E-state index contributed by atoms with van der Waals surface area (Å²) in [6.45, 7) is 9.68. The fourth-order valence-corrected chi connectivity index (χ4v) is 4.52. The number of aryl methyl sites for hydroxylation is 1. The van der Waals surface area contributed by atoms with E-state index in [1.165, 1.54) is 11.6 Å². The molecule has 5 heteroatoms. The summed E-state index contributed by atoms with van der Waals surface area (Å²) in [6.07, 6.45) is 0.927. The van der Waals surface area contributed by atoms with Gasteiger partial charge in [0.15, 0.2) is 0 Å². The Kier molecular flexibility index (Phi) is 7.54. The van der Waals surface area contributed by atoms with E-state index in [2.05, 4.69) is 42.8 Å². The van der Waals surface area contributed by atoms with Crippen LogP contribution in [0.25, 0.3) is 10.9 Å². The Bertz CT molecular complexity index is 1330. The smallest absolute Gasteiger partial charge is 0.254 e. The summed E-state index contributed by atoms with van der Waals surface area (Å²) in [5, 5.41) is 3.97. The van der Waals surface area contributed by atoms with Gasteiger partial charge in [0.25, 0.3) is 5.91 Å². The first-order valence-electron chi connectivity index (χ1n) is 12.2. The number of aromatic nitrogens is 1. The topological polar surface area (TPSA) is 43.3 Å². The predicted octanol–water partition coefficient (Wildman–Crippen LogP) is 6.98. The highest BCUT2D eigenvalue weighted by molar-refractivity contribution is 6.09. The molecule has 3 aromatic carbocycles. The molecule has 35 heavy (non-hydrogen) atoms. The van der Waals surface area contributed by atoms with E-state index in [1.54, 1.807) is 19.1 Å². The number of nitrogens with one attached hydrogen (secondary N) is 1.